The number of halogens is 3. The third kappa shape index (κ3) is 5.71. The quantitative estimate of drug-likeness (QED) is 0.599. The zero-order chi connectivity index (χ0) is 16.9. The summed E-state index contributed by atoms with van der Waals surface area (Å²) in [5, 5.41) is 6.04. The molecule has 1 unspecified atom stereocenters. The molecule has 1 saturated carbocycles. The number of hydrogen-bond donors (Lipinski definition) is 2. The maximum absolute atomic E-state index is 12.4. The monoisotopic (exact) mass is 378 g/mol. The van der Waals surface area contributed by atoms with Crippen molar-refractivity contribution in [3.63, 3.8) is 0 Å². The molecule has 1 atom stereocenters. The van der Waals surface area contributed by atoms with E-state index < -0.39 is 9.96 Å². The lowest BCUT2D eigenvalue weighted by Crippen LogP contribution is -2.56. The van der Waals surface area contributed by atoms with Gasteiger partial charge in [0.15, 0.2) is 0 Å². The van der Waals surface area contributed by atoms with Crippen molar-refractivity contribution >= 4 is 40.7 Å². The highest BCUT2D eigenvalue weighted by Crippen LogP contribution is 2.31. The number of ether oxygens (including phenoxy) is 1. The molecule has 0 aliphatic heterocycles. The molecule has 4 nitrogen and oxygen atoms in total. The number of rotatable bonds is 5. The minimum absolute atomic E-state index is 0.251. The molecule has 7 heteroatoms. The molecular weight excluding hydrogens is 359 g/mol. The fourth-order valence-corrected chi connectivity index (χ4v) is 3.03. The Morgan fingerprint density at radius 3 is 2.30 bits per heavy atom. The molecule has 0 radical (unpaired) electrons. The Morgan fingerprint density at radius 1 is 1.17 bits per heavy atom. The molecule has 0 bridgehead atoms. The lowest BCUT2D eigenvalue weighted by Gasteiger charge is -2.32. The van der Waals surface area contributed by atoms with Crippen LogP contribution in [0.3, 0.4) is 0 Å². The van der Waals surface area contributed by atoms with Crippen LogP contribution in [0.15, 0.2) is 24.3 Å². The van der Waals surface area contributed by atoms with Gasteiger partial charge in [-0.25, -0.2) is 0 Å². The van der Waals surface area contributed by atoms with Crippen LogP contribution in [0.25, 0.3) is 0 Å². The van der Waals surface area contributed by atoms with Crippen LogP contribution in [0.2, 0.25) is 0 Å². The predicted octanol–water partition coefficient (Wildman–Crippen LogP) is 4.04. The van der Waals surface area contributed by atoms with Crippen LogP contribution < -0.4 is 15.4 Å². The van der Waals surface area contributed by atoms with E-state index in [4.69, 9.17) is 39.5 Å². The minimum atomic E-state index is -1.63. The largest absolute Gasteiger partial charge is 0.497 e. The molecule has 1 fully saturated rings. The lowest BCUT2D eigenvalue weighted by molar-refractivity contribution is 0.0924. The van der Waals surface area contributed by atoms with E-state index in [9.17, 15) is 4.79 Å². The molecule has 0 spiro atoms. The van der Waals surface area contributed by atoms with Crippen molar-refractivity contribution in [3.05, 3.63) is 29.8 Å². The summed E-state index contributed by atoms with van der Waals surface area (Å²) in [4.78, 5) is 12.4. The number of carbonyl (C=O) groups excluding carboxylic acids is 1. The van der Waals surface area contributed by atoms with Gasteiger partial charge in [0.05, 0.1) is 7.11 Å². The minimum Gasteiger partial charge on any atom is -0.497 e. The van der Waals surface area contributed by atoms with Crippen molar-refractivity contribution in [3.8, 4) is 5.75 Å². The standard InChI is InChI=1S/C16H21Cl3N2O2/c1-23-13-9-7-11(8-10-13)14(22)21-15(16(17,18)19)20-12-5-3-2-4-6-12/h7-10,12,15,20H,2-6H2,1H3,(H,21,22). The Bertz CT molecular complexity index is 511. The van der Waals surface area contributed by atoms with Gasteiger partial charge in [0.2, 0.25) is 3.79 Å². The summed E-state index contributed by atoms with van der Waals surface area (Å²) in [6.45, 7) is 0. The Hall–Kier alpha value is -0.680. The number of hydrogen-bond acceptors (Lipinski definition) is 3. The number of amides is 1. The van der Waals surface area contributed by atoms with E-state index in [0.717, 1.165) is 25.7 Å². The summed E-state index contributed by atoms with van der Waals surface area (Å²) in [6.07, 6.45) is 4.83. The van der Waals surface area contributed by atoms with Crippen molar-refractivity contribution in [2.24, 2.45) is 0 Å². The number of alkyl halides is 3. The third-order valence-corrected chi connectivity index (χ3v) is 4.62. The second-order valence-corrected chi connectivity index (χ2v) is 8.05. The van der Waals surface area contributed by atoms with E-state index in [1.165, 1.54) is 6.42 Å². The molecule has 1 amide bonds. The van der Waals surface area contributed by atoms with Crippen molar-refractivity contribution in [1.29, 1.82) is 0 Å². The van der Waals surface area contributed by atoms with Gasteiger partial charge in [0, 0.05) is 11.6 Å². The van der Waals surface area contributed by atoms with E-state index in [-0.39, 0.29) is 11.9 Å². The topological polar surface area (TPSA) is 50.4 Å². The summed E-state index contributed by atoms with van der Waals surface area (Å²) in [6, 6.07) is 7.02. The van der Waals surface area contributed by atoms with Crippen LogP contribution in [0.4, 0.5) is 0 Å². The zero-order valence-corrected chi connectivity index (χ0v) is 15.2. The van der Waals surface area contributed by atoms with Gasteiger partial charge in [0.1, 0.15) is 11.9 Å². The SMILES string of the molecule is COc1ccc(C(=O)NC(NC2CCCCC2)C(Cl)(Cl)Cl)cc1. The fraction of sp³-hybridized carbons (Fsp3) is 0.562. The highest BCUT2D eigenvalue weighted by atomic mass is 35.6. The van der Waals surface area contributed by atoms with Gasteiger partial charge in [-0.3, -0.25) is 10.1 Å². The lowest BCUT2D eigenvalue weighted by atomic mass is 9.95. The van der Waals surface area contributed by atoms with Crippen LogP contribution in [0.5, 0.6) is 5.75 Å². The molecule has 128 valence electrons. The summed E-state index contributed by atoms with van der Waals surface area (Å²) in [5.41, 5.74) is 0.482. The van der Waals surface area contributed by atoms with Crippen LogP contribution in [-0.2, 0) is 0 Å². The molecule has 0 aromatic heterocycles. The first kappa shape index (κ1) is 18.7. The fourth-order valence-electron chi connectivity index (χ4n) is 2.68. The highest BCUT2D eigenvalue weighted by molar-refractivity contribution is 6.68. The van der Waals surface area contributed by atoms with Crippen LogP contribution in [-0.4, -0.2) is 29.0 Å². The number of benzene rings is 1. The van der Waals surface area contributed by atoms with Crippen LogP contribution in [0.1, 0.15) is 42.5 Å². The second-order valence-electron chi connectivity index (χ2n) is 5.68. The smallest absolute Gasteiger partial charge is 0.252 e. The van der Waals surface area contributed by atoms with Gasteiger partial charge in [-0.1, -0.05) is 54.1 Å². The molecule has 23 heavy (non-hydrogen) atoms. The van der Waals surface area contributed by atoms with Crippen molar-refractivity contribution < 1.29 is 9.53 Å². The molecule has 0 heterocycles. The molecule has 2 rings (SSSR count). The Labute approximate surface area is 151 Å². The van der Waals surface area contributed by atoms with Crippen LogP contribution in [0, 0.1) is 0 Å². The van der Waals surface area contributed by atoms with Gasteiger partial charge in [-0.15, -0.1) is 0 Å². The Kier molecular flexibility index (Phi) is 6.84. The molecule has 1 aromatic carbocycles. The second kappa shape index (κ2) is 8.43. The zero-order valence-electron chi connectivity index (χ0n) is 13.0. The predicted molar refractivity (Wildman–Crippen MR) is 94.5 cm³/mol. The molecule has 0 saturated heterocycles. The Morgan fingerprint density at radius 2 is 1.78 bits per heavy atom. The summed E-state index contributed by atoms with van der Waals surface area (Å²) in [5.74, 6) is 0.382. The van der Waals surface area contributed by atoms with Gasteiger partial charge < -0.3 is 10.1 Å². The average molecular weight is 380 g/mol. The summed E-state index contributed by atoms with van der Waals surface area (Å²) < 4.78 is 3.45. The molecule has 1 aliphatic rings. The van der Waals surface area contributed by atoms with Gasteiger partial charge in [0.25, 0.3) is 5.91 Å². The maximum Gasteiger partial charge on any atom is 0.252 e. The van der Waals surface area contributed by atoms with Crippen LogP contribution >= 0.6 is 34.8 Å². The van der Waals surface area contributed by atoms with Gasteiger partial charge in [-0.2, -0.15) is 0 Å². The third-order valence-electron chi connectivity index (χ3n) is 3.96. The van der Waals surface area contributed by atoms with E-state index in [2.05, 4.69) is 10.6 Å². The van der Waals surface area contributed by atoms with E-state index in [0.29, 0.717) is 11.3 Å². The summed E-state index contributed by atoms with van der Waals surface area (Å²) >= 11 is 18.1. The average Bonchev–Trinajstić information content (AvgIpc) is 2.54. The first-order chi connectivity index (χ1) is 10.9. The highest BCUT2D eigenvalue weighted by Gasteiger charge is 2.35. The van der Waals surface area contributed by atoms with E-state index in [1.54, 1.807) is 31.4 Å². The normalized spacial score (nSPS) is 17.6. The number of carbonyl (C=O) groups is 1. The van der Waals surface area contributed by atoms with Gasteiger partial charge >= 0.3 is 0 Å². The number of nitrogens with one attached hydrogen (secondary N) is 2. The number of methoxy groups -OCH3 is 1. The molecule has 1 aliphatic carbocycles. The molecular formula is C16H21Cl3N2O2. The first-order valence-electron chi connectivity index (χ1n) is 7.68. The molecule has 1 aromatic rings. The van der Waals surface area contributed by atoms with E-state index >= 15 is 0 Å². The maximum atomic E-state index is 12.4. The summed E-state index contributed by atoms with van der Waals surface area (Å²) in [7, 11) is 1.57. The van der Waals surface area contributed by atoms with E-state index in [1.807, 2.05) is 0 Å². The van der Waals surface area contributed by atoms with Crippen molar-refractivity contribution in [1.82, 2.24) is 10.6 Å². The first-order valence-corrected chi connectivity index (χ1v) is 8.81. The van der Waals surface area contributed by atoms with Gasteiger partial charge in [-0.05, 0) is 37.1 Å². The Balaban J connectivity index is 2.02. The van der Waals surface area contributed by atoms with Crippen molar-refractivity contribution in [2.75, 3.05) is 7.11 Å². The van der Waals surface area contributed by atoms with Crippen molar-refractivity contribution in [2.45, 2.75) is 48.1 Å². The molecule has 2 N–H and O–H groups in total.